The standard InChI is InChI=1S/C20H21N3O2S/c24-17-11-14-3-1-2-4-16(14)20(17)5-7-22(8-6-20)18(25)12-15-13-23-9-10-26-19(23)21-15/h1-4,9-10,13,17,24H,5-8,11-12H2/t17-/m0/s1. The fourth-order valence-electron chi connectivity index (χ4n) is 4.65. The molecule has 26 heavy (non-hydrogen) atoms. The second-order valence-corrected chi connectivity index (χ2v) is 8.29. The van der Waals surface area contributed by atoms with E-state index in [9.17, 15) is 9.90 Å². The largest absolute Gasteiger partial charge is 0.392 e. The van der Waals surface area contributed by atoms with Crippen molar-refractivity contribution in [3.05, 3.63) is 58.9 Å². The lowest BCUT2D eigenvalue weighted by Gasteiger charge is -2.42. The summed E-state index contributed by atoms with van der Waals surface area (Å²) in [7, 11) is 0. The zero-order valence-corrected chi connectivity index (χ0v) is 15.3. The Morgan fingerprint density at radius 2 is 2.12 bits per heavy atom. The minimum atomic E-state index is -0.336. The van der Waals surface area contributed by atoms with E-state index in [2.05, 4.69) is 23.2 Å². The van der Waals surface area contributed by atoms with E-state index in [0.717, 1.165) is 29.9 Å². The number of carbonyl (C=O) groups is 1. The topological polar surface area (TPSA) is 57.8 Å². The van der Waals surface area contributed by atoms with Crippen LogP contribution in [0.5, 0.6) is 0 Å². The van der Waals surface area contributed by atoms with Crippen molar-refractivity contribution in [2.24, 2.45) is 0 Å². The summed E-state index contributed by atoms with van der Waals surface area (Å²) >= 11 is 1.58. The highest BCUT2D eigenvalue weighted by molar-refractivity contribution is 7.15. The van der Waals surface area contributed by atoms with E-state index in [-0.39, 0.29) is 17.4 Å². The molecule has 5 nitrogen and oxygen atoms in total. The molecule has 1 aliphatic heterocycles. The van der Waals surface area contributed by atoms with Crippen LogP contribution in [0, 0.1) is 0 Å². The number of aliphatic hydroxyl groups excluding tert-OH is 1. The van der Waals surface area contributed by atoms with Gasteiger partial charge in [-0.05, 0) is 30.4 Å². The molecule has 1 saturated heterocycles. The lowest BCUT2D eigenvalue weighted by Crippen LogP contribution is -2.49. The number of amides is 1. The smallest absolute Gasteiger partial charge is 0.228 e. The van der Waals surface area contributed by atoms with Gasteiger partial charge in [-0.2, -0.15) is 0 Å². The third-order valence-corrected chi connectivity index (χ3v) is 6.86. The van der Waals surface area contributed by atoms with E-state index in [1.165, 1.54) is 11.1 Å². The van der Waals surface area contributed by atoms with Crippen LogP contribution in [0.15, 0.2) is 42.0 Å². The maximum Gasteiger partial charge on any atom is 0.228 e. The molecule has 6 heteroatoms. The zero-order chi connectivity index (χ0) is 17.7. The lowest BCUT2D eigenvalue weighted by molar-refractivity contribution is -0.132. The van der Waals surface area contributed by atoms with Crippen LogP contribution in [0.3, 0.4) is 0 Å². The molecule has 1 atom stereocenters. The molecule has 1 fully saturated rings. The quantitative estimate of drug-likeness (QED) is 0.757. The van der Waals surface area contributed by atoms with Crippen molar-refractivity contribution in [1.82, 2.24) is 14.3 Å². The fourth-order valence-corrected chi connectivity index (χ4v) is 5.37. The van der Waals surface area contributed by atoms with Crippen molar-refractivity contribution in [3.8, 4) is 0 Å². The molecule has 1 aliphatic carbocycles. The van der Waals surface area contributed by atoms with Gasteiger partial charge >= 0.3 is 0 Å². The first-order valence-corrected chi connectivity index (χ1v) is 9.99. The molecule has 5 rings (SSSR count). The first-order valence-electron chi connectivity index (χ1n) is 9.11. The Hall–Kier alpha value is -2.18. The van der Waals surface area contributed by atoms with Gasteiger partial charge in [-0.15, -0.1) is 11.3 Å². The number of thiazole rings is 1. The molecule has 0 radical (unpaired) electrons. The number of nitrogens with zero attached hydrogens (tertiary/aromatic N) is 3. The van der Waals surface area contributed by atoms with Gasteiger partial charge in [0.05, 0.1) is 18.2 Å². The molecule has 0 saturated carbocycles. The van der Waals surface area contributed by atoms with Crippen molar-refractivity contribution < 1.29 is 9.90 Å². The summed E-state index contributed by atoms with van der Waals surface area (Å²) in [6, 6.07) is 8.37. The van der Waals surface area contributed by atoms with Crippen LogP contribution in [0.25, 0.3) is 4.96 Å². The number of aliphatic hydroxyl groups is 1. The maximum absolute atomic E-state index is 12.7. The number of carbonyl (C=O) groups excluding carboxylic acids is 1. The molecule has 0 bridgehead atoms. The number of hydrogen-bond acceptors (Lipinski definition) is 4. The molecule has 3 aromatic rings. The Morgan fingerprint density at radius 3 is 2.92 bits per heavy atom. The maximum atomic E-state index is 12.7. The summed E-state index contributed by atoms with van der Waals surface area (Å²) in [5.41, 5.74) is 3.20. The summed E-state index contributed by atoms with van der Waals surface area (Å²) in [5.74, 6) is 0.131. The van der Waals surface area contributed by atoms with E-state index in [0.29, 0.717) is 19.5 Å². The van der Waals surface area contributed by atoms with E-state index < -0.39 is 0 Å². The molecular formula is C20H21N3O2S. The number of fused-ring (bicyclic) bond motifs is 3. The van der Waals surface area contributed by atoms with Crippen molar-refractivity contribution in [2.75, 3.05) is 13.1 Å². The normalized spacial score (nSPS) is 21.4. The van der Waals surface area contributed by atoms with Crippen LogP contribution in [0.4, 0.5) is 0 Å². The number of imidazole rings is 1. The Bertz CT molecular complexity index is 940. The van der Waals surface area contributed by atoms with E-state index >= 15 is 0 Å². The van der Waals surface area contributed by atoms with E-state index in [1.54, 1.807) is 11.3 Å². The van der Waals surface area contributed by atoms with Gasteiger partial charge in [0.2, 0.25) is 5.91 Å². The SMILES string of the molecule is O=C(Cc1cn2ccsc2n1)N1CCC2(CC1)c1ccccc1C[C@@H]2O. The van der Waals surface area contributed by atoms with Crippen LogP contribution < -0.4 is 0 Å². The summed E-state index contributed by atoms with van der Waals surface area (Å²) in [5, 5.41) is 12.7. The van der Waals surface area contributed by atoms with Crippen molar-refractivity contribution in [2.45, 2.75) is 37.2 Å². The molecule has 1 N–H and O–H groups in total. The Morgan fingerprint density at radius 1 is 1.31 bits per heavy atom. The molecule has 2 aromatic heterocycles. The molecule has 134 valence electrons. The van der Waals surface area contributed by atoms with Crippen LogP contribution in [0.2, 0.25) is 0 Å². The second-order valence-electron chi connectivity index (χ2n) is 7.42. The van der Waals surface area contributed by atoms with Crippen LogP contribution in [-0.2, 0) is 23.1 Å². The highest BCUT2D eigenvalue weighted by Crippen LogP contribution is 2.46. The predicted octanol–water partition coefficient (Wildman–Crippen LogP) is 2.42. The molecule has 2 aliphatic rings. The molecule has 3 heterocycles. The van der Waals surface area contributed by atoms with Crippen LogP contribution in [-0.4, -0.2) is 44.5 Å². The molecular weight excluding hydrogens is 346 g/mol. The number of benzene rings is 1. The van der Waals surface area contributed by atoms with E-state index in [1.807, 2.05) is 33.1 Å². The molecule has 0 unspecified atom stereocenters. The zero-order valence-electron chi connectivity index (χ0n) is 14.5. The molecule has 1 spiro atoms. The summed E-state index contributed by atoms with van der Waals surface area (Å²) in [4.78, 5) is 20.1. The number of hydrogen-bond donors (Lipinski definition) is 1. The van der Waals surface area contributed by atoms with Gasteiger partial charge in [0, 0.05) is 36.3 Å². The fraction of sp³-hybridized carbons (Fsp3) is 0.400. The van der Waals surface area contributed by atoms with Gasteiger partial charge in [0.1, 0.15) is 0 Å². The van der Waals surface area contributed by atoms with Crippen LogP contribution >= 0.6 is 11.3 Å². The van der Waals surface area contributed by atoms with Gasteiger partial charge < -0.3 is 10.0 Å². The Balaban J connectivity index is 1.29. The first-order chi connectivity index (χ1) is 12.7. The highest BCUT2D eigenvalue weighted by atomic mass is 32.1. The van der Waals surface area contributed by atoms with Gasteiger partial charge in [-0.1, -0.05) is 24.3 Å². The van der Waals surface area contributed by atoms with E-state index in [4.69, 9.17) is 0 Å². The van der Waals surface area contributed by atoms with Crippen molar-refractivity contribution >= 4 is 22.2 Å². The summed E-state index contributed by atoms with van der Waals surface area (Å²) < 4.78 is 1.96. The molecule has 1 amide bonds. The monoisotopic (exact) mass is 367 g/mol. The lowest BCUT2D eigenvalue weighted by atomic mass is 9.72. The number of rotatable bonds is 2. The number of likely N-dealkylation sites (tertiary alicyclic amines) is 1. The number of aromatic nitrogens is 2. The van der Waals surface area contributed by atoms with Crippen LogP contribution in [0.1, 0.15) is 29.7 Å². The minimum Gasteiger partial charge on any atom is -0.392 e. The minimum absolute atomic E-state index is 0.131. The predicted molar refractivity (Wildman–Crippen MR) is 100 cm³/mol. The molecule has 1 aromatic carbocycles. The third kappa shape index (κ3) is 2.40. The summed E-state index contributed by atoms with van der Waals surface area (Å²) in [6.07, 6.45) is 6.30. The average molecular weight is 367 g/mol. The summed E-state index contributed by atoms with van der Waals surface area (Å²) in [6.45, 7) is 1.40. The van der Waals surface area contributed by atoms with Gasteiger partial charge in [0.15, 0.2) is 4.96 Å². The second kappa shape index (κ2) is 5.93. The van der Waals surface area contributed by atoms with Crippen molar-refractivity contribution in [1.29, 1.82) is 0 Å². The van der Waals surface area contributed by atoms with Gasteiger partial charge in [-0.3, -0.25) is 9.20 Å². The highest BCUT2D eigenvalue weighted by Gasteiger charge is 2.47. The number of piperidine rings is 1. The third-order valence-electron chi connectivity index (χ3n) is 6.09. The average Bonchev–Trinajstić information content (AvgIpc) is 3.30. The Kier molecular flexibility index (Phi) is 3.65. The van der Waals surface area contributed by atoms with Crippen molar-refractivity contribution in [3.63, 3.8) is 0 Å². The Labute approximate surface area is 155 Å². The van der Waals surface area contributed by atoms with Gasteiger partial charge in [-0.25, -0.2) is 4.98 Å². The van der Waals surface area contributed by atoms with Gasteiger partial charge in [0.25, 0.3) is 0 Å². The first kappa shape index (κ1) is 16.0.